The van der Waals surface area contributed by atoms with Crippen LogP contribution in [-0.4, -0.2) is 81.6 Å². The molecule has 2 atom stereocenters. The maximum Gasteiger partial charge on any atom is 0.270 e. The molecule has 242 valence electrons. The molecule has 0 saturated carbocycles. The van der Waals surface area contributed by atoms with Crippen LogP contribution in [0.4, 0.5) is 10.1 Å². The van der Waals surface area contributed by atoms with E-state index in [0.29, 0.717) is 68.8 Å². The summed E-state index contributed by atoms with van der Waals surface area (Å²) in [5.41, 5.74) is 1.43. The van der Waals surface area contributed by atoms with Crippen molar-refractivity contribution in [3.8, 4) is 0 Å². The highest BCUT2D eigenvalue weighted by Gasteiger charge is 2.38. The third kappa shape index (κ3) is 4.95. The standard InChI is InChI=1S/C35H29FN6O6/c1-18(40-32(43)25-7-3-5-20-12-23(42(47)48)14-28(29(20)25)35(40)46)15-37-9-10-38-16-19(2)41-33(44)26-8-4-6-24-30(26)27(34(41)45)13-21-11-22(36)17-39-31(21)24/h3-8,11-14,17-19,37-38H,9-10,15-16H2,1-2H3/t18-,19-/m1/s1. The molecule has 7 rings (SSSR count). The molecule has 1 aromatic heterocycles. The van der Waals surface area contributed by atoms with E-state index in [-0.39, 0.29) is 17.8 Å². The van der Waals surface area contributed by atoms with Crippen molar-refractivity contribution in [2.75, 3.05) is 26.2 Å². The number of benzene rings is 4. The van der Waals surface area contributed by atoms with Crippen LogP contribution in [0.25, 0.3) is 32.4 Å². The van der Waals surface area contributed by atoms with Crippen molar-refractivity contribution >= 4 is 61.8 Å². The summed E-state index contributed by atoms with van der Waals surface area (Å²) in [6, 6.07) is 14.5. The summed E-state index contributed by atoms with van der Waals surface area (Å²) >= 11 is 0. The molecular formula is C35H29FN6O6. The number of fused-ring (bicyclic) bond motifs is 2. The molecule has 2 aliphatic heterocycles. The second-order valence-electron chi connectivity index (χ2n) is 12.1. The highest BCUT2D eigenvalue weighted by molar-refractivity contribution is 6.29. The first-order valence-electron chi connectivity index (χ1n) is 15.5. The first-order chi connectivity index (χ1) is 23.1. The van der Waals surface area contributed by atoms with Crippen LogP contribution >= 0.6 is 0 Å². The van der Waals surface area contributed by atoms with Crippen LogP contribution in [0, 0.1) is 15.9 Å². The van der Waals surface area contributed by atoms with Gasteiger partial charge in [0.15, 0.2) is 0 Å². The van der Waals surface area contributed by atoms with Crippen LogP contribution in [0.3, 0.4) is 0 Å². The smallest absolute Gasteiger partial charge is 0.270 e. The predicted octanol–water partition coefficient (Wildman–Crippen LogP) is 4.44. The van der Waals surface area contributed by atoms with Crippen molar-refractivity contribution in [2.45, 2.75) is 25.9 Å². The fourth-order valence-corrected chi connectivity index (χ4v) is 6.75. The number of rotatable bonds is 10. The molecule has 0 unspecified atom stereocenters. The summed E-state index contributed by atoms with van der Waals surface area (Å²) < 4.78 is 14.0. The molecule has 2 aliphatic rings. The maximum absolute atomic E-state index is 14.0. The van der Waals surface area contributed by atoms with E-state index in [1.165, 1.54) is 23.1 Å². The fraction of sp³-hybridized carbons (Fsp3) is 0.229. The van der Waals surface area contributed by atoms with Crippen LogP contribution in [0.15, 0.2) is 66.9 Å². The molecule has 0 bridgehead atoms. The molecule has 0 fully saturated rings. The van der Waals surface area contributed by atoms with Gasteiger partial charge in [-0.05, 0) is 43.5 Å². The molecule has 4 amide bonds. The summed E-state index contributed by atoms with van der Waals surface area (Å²) in [6.07, 6.45) is 1.11. The summed E-state index contributed by atoms with van der Waals surface area (Å²) in [5.74, 6) is -2.45. The van der Waals surface area contributed by atoms with Gasteiger partial charge < -0.3 is 10.6 Å². The van der Waals surface area contributed by atoms with Gasteiger partial charge >= 0.3 is 0 Å². The molecule has 12 nitrogen and oxygen atoms in total. The van der Waals surface area contributed by atoms with Crippen LogP contribution in [0.1, 0.15) is 55.3 Å². The van der Waals surface area contributed by atoms with Gasteiger partial charge in [-0.1, -0.05) is 24.3 Å². The number of nitro benzene ring substituents is 1. The van der Waals surface area contributed by atoms with Gasteiger partial charge in [0.1, 0.15) is 5.82 Å². The quantitative estimate of drug-likeness (QED) is 0.0736. The Morgan fingerprint density at radius 1 is 0.750 bits per heavy atom. The monoisotopic (exact) mass is 648 g/mol. The number of nitrogens with zero attached hydrogens (tertiary/aromatic N) is 4. The van der Waals surface area contributed by atoms with E-state index in [4.69, 9.17) is 0 Å². The van der Waals surface area contributed by atoms with Crippen LogP contribution in [-0.2, 0) is 0 Å². The number of aromatic nitrogens is 1. The van der Waals surface area contributed by atoms with Crippen LogP contribution in [0.5, 0.6) is 0 Å². The van der Waals surface area contributed by atoms with Gasteiger partial charge in [0.05, 0.1) is 22.2 Å². The second kappa shape index (κ2) is 11.9. The molecule has 5 aromatic rings. The number of amides is 4. The Balaban J connectivity index is 0.975. The highest BCUT2D eigenvalue weighted by Crippen LogP contribution is 2.36. The molecular weight excluding hydrogens is 619 g/mol. The molecule has 4 aromatic carbocycles. The van der Waals surface area contributed by atoms with E-state index in [1.54, 1.807) is 56.3 Å². The van der Waals surface area contributed by atoms with Gasteiger partial charge in [0.2, 0.25) is 0 Å². The molecule has 0 saturated heterocycles. The Bertz CT molecular complexity index is 2240. The number of non-ortho nitro benzene ring substituents is 1. The van der Waals surface area contributed by atoms with Crippen molar-refractivity contribution in [1.29, 1.82) is 0 Å². The number of pyridine rings is 1. The number of hydrogen-bond acceptors (Lipinski definition) is 9. The molecule has 0 aliphatic carbocycles. The molecule has 0 spiro atoms. The number of hydrogen-bond donors (Lipinski definition) is 2. The number of nitrogens with one attached hydrogen (secondary N) is 2. The number of nitro groups is 1. The first-order valence-corrected chi connectivity index (χ1v) is 15.5. The lowest BCUT2D eigenvalue weighted by Crippen LogP contribution is -2.51. The van der Waals surface area contributed by atoms with Crippen molar-refractivity contribution in [2.24, 2.45) is 0 Å². The van der Waals surface area contributed by atoms with E-state index in [0.717, 1.165) is 11.1 Å². The van der Waals surface area contributed by atoms with Crippen LogP contribution < -0.4 is 10.6 Å². The highest BCUT2D eigenvalue weighted by atomic mass is 19.1. The summed E-state index contributed by atoms with van der Waals surface area (Å²) in [5, 5.41) is 20.4. The minimum Gasteiger partial charge on any atom is -0.313 e. The third-order valence-electron chi connectivity index (χ3n) is 8.98. The Kier molecular flexibility index (Phi) is 7.65. The SMILES string of the molecule is C[C@H](CNCCNC[C@@H](C)N1C(=O)c2cccc3c2c(cc2cc(F)cnc23)C1=O)N1C(=O)c2cccc3cc([N+](=O)[O-])cc(c23)C1=O. The van der Waals surface area contributed by atoms with E-state index in [9.17, 15) is 33.7 Å². The predicted molar refractivity (Wildman–Crippen MR) is 175 cm³/mol. The number of halogens is 1. The number of carbonyl (C=O) groups is 4. The molecule has 2 N–H and O–H groups in total. The lowest BCUT2D eigenvalue weighted by Gasteiger charge is -2.32. The van der Waals surface area contributed by atoms with Gasteiger partial charge in [0, 0.05) is 88.6 Å². The summed E-state index contributed by atoms with van der Waals surface area (Å²) in [6.45, 7) is 4.95. The zero-order valence-electron chi connectivity index (χ0n) is 26.0. The molecule has 13 heteroatoms. The van der Waals surface area contributed by atoms with E-state index in [2.05, 4.69) is 15.6 Å². The zero-order valence-corrected chi connectivity index (χ0v) is 26.0. The molecule has 3 heterocycles. The summed E-state index contributed by atoms with van der Waals surface area (Å²) in [7, 11) is 0. The second-order valence-corrected chi connectivity index (χ2v) is 12.1. The maximum atomic E-state index is 14.0. The van der Waals surface area contributed by atoms with Crippen LogP contribution in [0.2, 0.25) is 0 Å². The third-order valence-corrected chi connectivity index (χ3v) is 8.98. The zero-order chi connectivity index (χ0) is 33.9. The van der Waals surface area contributed by atoms with E-state index < -0.39 is 46.5 Å². The lowest BCUT2D eigenvalue weighted by molar-refractivity contribution is -0.384. The van der Waals surface area contributed by atoms with Crippen molar-refractivity contribution in [3.05, 3.63) is 105 Å². The van der Waals surface area contributed by atoms with Gasteiger partial charge in [0.25, 0.3) is 29.3 Å². The first kappa shape index (κ1) is 31.0. The van der Waals surface area contributed by atoms with Gasteiger partial charge in [-0.3, -0.25) is 44.1 Å². The van der Waals surface area contributed by atoms with Gasteiger partial charge in [-0.2, -0.15) is 0 Å². The Labute approximate surface area is 272 Å². The average molecular weight is 649 g/mol. The van der Waals surface area contributed by atoms with Gasteiger partial charge in [-0.25, -0.2) is 4.39 Å². The minimum absolute atomic E-state index is 0.120. The largest absolute Gasteiger partial charge is 0.313 e. The number of carbonyl (C=O) groups excluding carboxylic acids is 4. The topological polar surface area (TPSA) is 155 Å². The lowest BCUT2D eigenvalue weighted by atomic mass is 9.91. The fourth-order valence-electron chi connectivity index (χ4n) is 6.75. The molecule has 0 radical (unpaired) electrons. The normalized spacial score (nSPS) is 15.6. The average Bonchev–Trinajstić information content (AvgIpc) is 3.07. The van der Waals surface area contributed by atoms with Crippen molar-refractivity contribution in [3.63, 3.8) is 0 Å². The summed E-state index contributed by atoms with van der Waals surface area (Å²) in [4.78, 5) is 71.4. The number of imide groups is 2. The minimum atomic E-state index is -0.587. The van der Waals surface area contributed by atoms with Crippen molar-refractivity contribution in [1.82, 2.24) is 25.4 Å². The van der Waals surface area contributed by atoms with Gasteiger partial charge in [-0.15, -0.1) is 0 Å². The Morgan fingerprint density at radius 2 is 1.31 bits per heavy atom. The van der Waals surface area contributed by atoms with Crippen molar-refractivity contribution < 1.29 is 28.5 Å². The Morgan fingerprint density at radius 3 is 1.94 bits per heavy atom. The molecule has 48 heavy (non-hydrogen) atoms. The Hall–Kier alpha value is -5.66. The van der Waals surface area contributed by atoms with E-state index in [1.807, 2.05) is 0 Å². The van der Waals surface area contributed by atoms with E-state index >= 15 is 0 Å².